The first kappa shape index (κ1) is 17.2. The van der Waals surface area contributed by atoms with Crippen molar-refractivity contribution in [3.63, 3.8) is 0 Å². The van der Waals surface area contributed by atoms with E-state index in [0.717, 1.165) is 12.0 Å². The van der Waals surface area contributed by atoms with Crippen LogP contribution in [0, 0.1) is 5.41 Å². The van der Waals surface area contributed by atoms with Gasteiger partial charge in [-0.25, -0.2) is 0 Å². The van der Waals surface area contributed by atoms with Gasteiger partial charge in [0.15, 0.2) is 0 Å². The number of benzene rings is 1. The van der Waals surface area contributed by atoms with Crippen molar-refractivity contribution in [1.82, 2.24) is 0 Å². The van der Waals surface area contributed by atoms with Crippen LogP contribution in [0.4, 0.5) is 0 Å². The van der Waals surface area contributed by atoms with Crippen LogP contribution in [-0.4, -0.2) is 20.8 Å². The molecule has 0 aliphatic heterocycles. The van der Waals surface area contributed by atoms with Gasteiger partial charge in [-0.05, 0) is 35.4 Å². The van der Waals surface area contributed by atoms with Crippen LogP contribution < -0.4 is 0 Å². The molecule has 20 heavy (non-hydrogen) atoms. The third-order valence-electron chi connectivity index (χ3n) is 3.44. The standard InChI is InChI=1S/C15H25BO3S/c1-14(2,3)10-13(15(4,5)16)11-6-8-12(9-7-11)20(17,18)19/h6-9,13H,10,16H2,1-5H3,(H,17,18,19). The third-order valence-corrected chi connectivity index (χ3v) is 4.31. The van der Waals surface area contributed by atoms with Crippen LogP contribution in [0.25, 0.3) is 0 Å². The summed E-state index contributed by atoms with van der Waals surface area (Å²) in [5.74, 6) is 0.331. The van der Waals surface area contributed by atoms with Gasteiger partial charge in [-0.2, -0.15) is 8.42 Å². The number of hydrogen-bond donors (Lipinski definition) is 1. The van der Waals surface area contributed by atoms with Crippen molar-refractivity contribution in [2.75, 3.05) is 0 Å². The van der Waals surface area contributed by atoms with E-state index in [-0.39, 0.29) is 15.6 Å². The predicted molar refractivity (Wildman–Crippen MR) is 85.7 cm³/mol. The summed E-state index contributed by atoms with van der Waals surface area (Å²) in [4.78, 5) is -0.0512. The van der Waals surface area contributed by atoms with Crippen molar-refractivity contribution in [2.45, 2.75) is 57.2 Å². The highest BCUT2D eigenvalue weighted by atomic mass is 32.2. The number of hydrogen-bond acceptors (Lipinski definition) is 2. The zero-order valence-corrected chi connectivity index (χ0v) is 14.1. The molecule has 1 unspecified atom stereocenters. The van der Waals surface area contributed by atoms with E-state index in [1.165, 1.54) is 12.1 Å². The highest BCUT2D eigenvalue weighted by molar-refractivity contribution is 7.85. The van der Waals surface area contributed by atoms with Crippen LogP contribution in [0.1, 0.15) is 52.5 Å². The Kier molecular flexibility index (Phi) is 4.77. The first-order chi connectivity index (χ1) is 8.81. The van der Waals surface area contributed by atoms with E-state index in [2.05, 4.69) is 42.5 Å². The molecule has 1 atom stereocenters. The summed E-state index contributed by atoms with van der Waals surface area (Å²) in [6, 6.07) is 6.58. The Hall–Kier alpha value is -0.805. The summed E-state index contributed by atoms with van der Waals surface area (Å²) in [6.07, 6.45) is 1.02. The predicted octanol–water partition coefficient (Wildman–Crippen LogP) is 3.28. The van der Waals surface area contributed by atoms with Crippen LogP contribution in [0.3, 0.4) is 0 Å². The molecule has 0 aliphatic carbocycles. The summed E-state index contributed by atoms with van der Waals surface area (Å²) in [7, 11) is -1.92. The molecule has 0 saturated carbocycles. The normalized spacial score (nSPS) is 15.1. The van der Waals surface area contributed by atoms with Crippen molar-refractivity contribution in [2.24, 2.45) is 5.41 Å². The van der Waals surface area contributed by atoms with Crippen LogP contribution >= 0.6 is 0 Å². The Bertz CT molecular complexity index is 548. The van der Waals surface area contributed by atoms with E-state index >= 15 is 0 Å². The lowest BCUT2D eigenvalue weighted by Gasteiger charge is -2.36. The molecule has 0 fully saturated rings. The lowest BCUT2D eigenvalue weighted by molar-refractivity contribution is 0.308. The second-order valence-corrected chi connectivity index (χ2v) is 9.15. The van der Waals surface area contributed by atoms with E-state index in [1.54, 1.807) is 0 Å². The fourth-order valence-corrected chi connectivity index (χ4v) is 2.89. The summed E-state index contributed by atoms with van der Waals surface area (Å²) in [6.45, 7) is 11.0. The Morgan fingerprint density at radius 2 is 1.55 bits per heavy atom. The van der Waals surface area contributed by atoms with Gasteiger partial charge in [-0.15, -0.1) is 0 Å². The molecule has 0 amide bonds. The minimum Gasteiger partial charge on any atom is -0.282 e. The fourth-order valence-electron chi connectivity index (χ4n) is 2.41. The van der Waals surface area contributed by atoms with E-state index in [1.807, 2.05) is 12.1 Å². The van der Waals surface area contributed by atoms with Gasteiger partial charge < -0.3 is 0 Å². The minimum absolute atomic E-state index is 0.0512. The second kappa shape index (κ2) is 5.53. The molecular formula is C15H25BO3S. The van der Waals surface area contributed by atoms with Gasteiger partial charge >= 0.3 is 0 Å². The number of rotatable bonds is 4. The van der Waals surface area contributed by atoms with Gasteiger partial charge in [-0.3, -0.25) is 4.55 Å². The Morgan fingerprint density at radius 1 is 1.10 bits per heavy atom. The summed E-state index contributed by atoms with van der Waals surface area (Å²) in [5, 5.41) is 0.0902. The maximum atomic E-state index is 11.1. The summed E-state index contributed by atoms with van der Waals surface area (Å²) >= 11 is 0. The van der Waals surface area contributed by atoms with Crippen molar-refractivity contribution in [3.8, 4) is 0 Å². The third kappa shape index (κ3) is 4.95. The van der Waals surface area contributed by atoms with Crippen molar-refractivity contribution in [1.29, 1.82) is 0 Å². The molecule has 0 aliphatic rings. The summed E-state index contributed by atoms with van der Waals surface area (Å²) in [5.41, 5.74) is 1.31. The van der Waals surface area contributed by atoms with E-state index < -0.39 is 10.1 Å². The van der Waals surface area contributed by atoms with Crippen LogP contribution in [0.15, 0.2) is 29.2 Å². The molecule has 0 saturated heterocycles. The van der Waals surface area contributed by atoms with Gasteiger partial charge in [0.05, 0.1) is 4.90 Å². The van der Waals surface area contributed by atoms with Crippen molar-refractivity contribution >= 4 is 18.0 Å². The summed E-state index contributed by atoms with van der Waals surface area (Å²) < 4.78 is 31.2. The molecular weight excluding hydrogens is 271 g/mol. The molecule has 0 aromatic heterocycles. The molecule has 3 nitrogen and oxygen atoms in total. The van der Waals surface area contributed by atoms with E-state index in [0.29, 0.717) is 5.92 Å². The van der Waals surface area contributed by atoms with Crippen LogP contribution in [0.2, 0.25) is 5.31 Å². The maximum Gasteiger partial charge on any atom is 0.294 e. The lowest BCUT2D eigenvalue weighted by atomic mass is 9.58. The first-order valence-electron chi connectivity index (χ1n) is 6.88. The monoisotopic (exact) mass is 296 g/mol. The van der Waals surface area contributed by atoms with Crippen molar-refractivity contribution in [3.05, 3.63) is 29.8 Å². The largest absolute Gasteiger partial charge is 0.294 e. The fraction of sp³-hybridized carbons (Fsp3) is 0.600. The smallest absolute Gasteiger partial charge is 0.282 e. The Labute approximate surface area is 123 Å². The van der Waals surface area contributed by atoms with Crippen LogP contribution in [0.5, 0.6) is 0 Å². The average molecular weight is 296 g/mol. The minimum atomic E-state index is -4.12. The molecule has 1 N–H and O–H groups in total. The molecule has 112 valence electrons. The molecule has 0 heterocycles. The van der Waals surface area contributed by atoms with Crippen LogP contribution in [-0.2, 0) is 10.1 Å². The van der Waals surface area contributed by atoms with Gasteiger partial charge in [0.1, 0.15) is 7.85 Å². The first-order valence-corrected chi connectivity index (χ1v) is 8.32. The highest BCUT2D eigenvalue weighted by Gasteiger charge is 2.30. The van der Waals surface area contributed by atoms with Gasteiger partial charge in [0.2, 0.25) is 0 Å². The Balaban J connectivity index is 3.16. The zero-order valence-electron chi connectivity index (χ0n) is 13.3. The Morgan fingerprint density at radius 3 is 1.85 bits per heavy atom. The molecule has 1 rings (SSSR count). The van der Waals surface area contributed by atoms with E-state index in [4.69, 9.17) is 4.55 Å². The molecule has 5 heteroatoms. The quantitative estimate of drug-likeness (QED) is 0.685. The van der Waals surface area contributed by atoms with Gasteiger partial charge in [-0.1, -0.05) is 52.1 Å². The maximum absolute atomic E-state index is 11.1. The molecule has 0 spiro atoms. The van der Waals surface area contributed by atoms with E-state index in [9.17, 15) is 8.42 Å². The lowest BCUT2D eigenvalue weighted by Crippen LogP contribution is -2.21. The van der Waals surface area contributed by atoms with Crippen molar-refractivity contribution < 1.29 is 13.0 Å². The second-order valence-electron chi connectivity index (χ2n) is 7.73. The van der Waals surface area contributed by atoms with Gasteiger partial charge in [0, 0.05) is 0 Å². The topological polar surface area (TPSA) is 54.4 Å². The average Bonchev–Trinajstić information content (AvgIpc) is 2.22. The molecule has 1 aromatic rings. The molecule has 0 bridgehead atoms. The molecule has 0 radical (unpaired) electrons. The SMILES string of the molecule is BC(C)(C)C(CC(C)(C)C)c1ccc(S(=O)(=O)O)cc1. The molecule has 1 aromatic carbocycles. The highest BCUT2D eigenvalue weighted by Crippen LogP contribution is 2.45. The van der Waals surface area contributed by atoms with Gasteiger partial charge in [0.25, 0.3) is 10.1 Å². The zero-order chi connectivity index (χ0) is 15.8.